The molecule has 2 aromatic rings. The van der Waals surface area contributed by atoms with Crippen molar-refractivity contribution in [1.29, 1.82) is 0 Å². The monoisotopic (exact) mass is 336 g/mol. The highest BCUT2D eigenvalue weighted by Crippen LogP contribution is 2.17. The van der Waals surface area contributed by atoms with Crippen LogP contribution in [-0.2, 0) is 6.54 Å². The van der Waals surface area contributed by atoms with Crippen molar-refractivity contribution in [3.63, 3.8) is 0 Å². The first-order chi connectivity index (χ1) is 11.0. The zero-order chi connectivity index (χ0) is 16.8. The van der Waals surface area contributed by atoms with E-state index in [0.29, 0.717) is 30.5 Å². The van der Waals surface area contributed by atoms with Crippen LogP contribution in [0.15, 0.2) is 34.7 Å². The van der Waals surface area contributed by atoms with Crippen LogP contribution in [0.2, 0.25) is 5.02 Å². The topological polar surface area (TPSA) is 54.7 Å². The van der Waals surface area contributed by atoms with Crippen molar-refractivity contribution in [2.75, 3.05) is 20.2 Å². The van der Waals surface area contributed by atoms with Crippen molar-refractivity contribution in [3.05, 3.63) is 52.4 Å². The maximum atomic E-state index is 12.0. The maximum absolute atomic E-state index is 12.0. The van der Waals surface area contributed by atoms with Crippen LogP contribution in [0.3, 0.4) is 0 Å². The van der Waals surface area contributed by atoms with Crippen molar-refractivity contribution >= 4 is 17.6 Å². The molecule has 1 heterocycles. The number of halogens is 1. The minimum atomic E-state index is -0.155. The van der Waals surface area contributed by atoms with Crippen LogP contribution < -0.4 is 10.1 Å². The molecule has 2 amide bonds. The molecule has 0 aliphatic rings. The van der Waals surface area contributed by atoms with Gasteiger partial charge in [-0.2, -0.15) is 0 Å². The Morgan fingerprint density at radius 2 is 2.13 bits per heavy atom. The third-order valence-corrected chi connectivity index (χ3v) is 3.65. The van der Waals surface area contributed by atoms with Crippen LogP contribution in [0.1, 0.15) is 17.1 Å². The first kappa shape index (κ1) is 17.2. The number of aryl methyl sites for hydroxylation is 2. The van der Waals surface area contributed by atoms with Crippen LogP contribution >= 0.6 is 11.6 Å². The molecule has 0 saturated carbocycles. The molecule has 124 valence electrons. The second-order valence-electron chi connectivity index (χ2n) is 5.32. The Labute approximate surface area is 141 Å². The molecule has 0 fully saturated rings. The summed E-state index contributed by atoms with van der Waals surface area (Å²) in [7, 11) is 1.73. The van der Waals surface area contributed by atoms with Crippen molar-refractivity contribution in [2.45, 2.75) is 20.4 Å². The first-order valence-electron chi connectivity index (χ1n) is 7.39. The molecule has 0 aliphatic heterocycles. The van der Waals surface area contributed by atoms with E-state index in [0.717, 1.165) is 17.1 Å². The number of carbonyl (C=O) groups excluding carboxylic acids is 1. The highest BCUT2D eigenvalue weighted by atomic mass is 35.5. The molecule has 1 aromatic heterocycles. The number of nitrogens with one attached hydrogen (secondary N) is 1. The van der Waals surface area contributed by atoms with Crippen LogP contribution in [0, 0.1) is 13.8 Å². The molecule has 0 aliphatic carbocycles. The molecule has 0 unspecified atom stereocenters. The summed E-state index contributed by atoms with van der Waals surface area (Å²) in [5.41, 5.74) is 0.986. The third kappa shape index (κ3) is 5.21. The molecule has 5 nitrogen and oxygen atoms in total. The molecular weight excluding hydrogens is 316 g/mol. The molecule has 23 heavy (non-hydrogen) atoms. The minimum Gasteiger partial charge on any atom is -0.492 e. The van der Waals surface area contributed by atoms with Crippen LogP contribution in [-0.4, -0.2) is 31.1 Å². The van der Waals surface area contributed by atoms with Crippen LogP contribution in [0.25, 0.3) is 0 Å². The number of hydrogen-bond donors (Lipinski definition) is 1. The maximum Gasteiger partial charge on any atom is 0.317 e. The van der Waals surface area contributed by atoms with Gasteiger partial charge in [-0.05, 0) is 38.1 Å². The molecular formula is C17H21ClN2O3. The van der Waals surface area contributed by atoms with Gasteiger partial charge in [0.1, 0.15) is 23.9 Å². The zero-order valence-corrected chi connectivity index (χ0v) is 14.3. The van der Waals surface area contributed by atoms with Crippen molar-refractivity contribution < 1.29 is 13.9 Å². The Hall–Kier alpha value is -2.14. The minimum absolute atomic E-state index is 0.155. The Morgan fingerprint density at radius 1 is 1.35 bits per heavy atom. The van der Waals surface area contributed by atoms with E-state index in [-0.39, 0.29) is 6.03 Å². The van der Waals surface area contributed by atoms with E-state index in [2.05, 4.69) is 5.32 Å². The van der Waals surface area contributed by atoms with E-state index in [1.807, 2.05) is 32.0 Å². The molecule has 0 radical (unpaired) electrons. The van der Waals surface area contributed by atoms with Gasteiger partial charge < -0.3 is 19.4 Å². The van der Waals surface area contributed by atoms with E-state index in [1.54, 1.807) is 24.1 Å². The summed E-state index contributed by atoms with van der Waals surface area (Å²) in [6.07, 6.45) is 0. The summed E-state index contributed by atoms with van der Waals surface area (Å²) >= 11 is 5.89. The molecule has 0 atom stereocenters. The normalized spacial score (nSPS) is 10.4. The predicted octanol–water partition coefficient (Wildman–Crippen LogP) is 3.77. The number of hydrogen-bond acceptors (Lipinski definition) is 3. The van der Waals surface area contributed by atoms with Gasteiger partial charge in [0.15, 0.2) is 0 Å². The number of amides is 2. The Morgan fingerprint density at radius 3 is 2.78 bits per heavy atom. The van der Waals surface area contributed by atoms with E-state index in [1.165, 1.54) is 0 Å². The van der Waals surface area contributed by atoms with Gasteiger partial charge in [0.25, 0.3) is 0 Å². The summed E-state index contributed by atoms with van der Waals surface area (Å²) < 4.78 is 11.0. The van der Waals surface area contributed by atoms with Crippen molar-refractivity contribution in [2.24, 2.45) is 0 Å². The van der Waals surface area contributed by atoms with Crippen molar-refractivity contribution in [1.82, 2.24) is 10.2 Å². The van der Waals surface area contributed by atoms with E-state index < -0.39 is 0 Å². The number of ether oxygens (including phenoxy) is 1. The second kappa shape index (κ2) is 7.92. The van der Waals surface area contributed by atoms with Gasteiger partial charge in [-0.25, -0.2) is 4.79 Å². The lowest BCUT2D eigenvalue weighted by Crippen LogP contribution is -2.39. The highest BCUT2D eigenvalue weighted by Gasteiger charge is 2.10. The quantitative estimate of drug-likeness (QED) is 0.873. The lowest BCUT2D eigenvalue weighted by atomic mass is 10.2. The SMILES string of the molecule is Cc1cc(CNC(=O)N(C)CCOc2cccc(Cl)c2)c(C)o1. The number of likely N-dealkylation sites (N-methyl/N-ethyl adjacent to an activating group) is 1. The summed E-state index contributed by atoms with van der Waals surface area (Å²) in [6, 6.07) is 8.95. The zero-order valence-electron chi connectivity index (χ0n) is 13.6. The van der Waals surface area contributed by atoms with Gasteiger partial charge in [-0.3, -0.25) is 0 Å². The fourth-order valence-corrected chi connectivity index (χ4v) is 2.30. The van der Waals surface area contributed by atoms with E-state index in [9.17, 15) is 4.79 Å². The fraction of sp³-hybridized carbons (Fsp3) is 0.353. The van der Waals surface area contributed by atoms with Gasteiger partial charge in [-0.1, -0.05) is 17.7 Å². The Balaban J connectivity index is 1.73. The molecule has 6 heteroatoms. The van der Waals surface area contributed by atoms with Gasteiger partial charge in [0.2, 0.25) is 0 Å². The largest absolute Gasteiger partial charge is 0.492 e. The first-order valence-corrected chi connectivity index (χ1v) is 7.76. The molecule has 1 aromatic carbocycles. The fourth-order valence-electron chi connectivity index (χ4n) is 2.12. The second-order valence-corrected chi connectivity index (χ2v) is 5.76. The van der Waals surface area contributed by atoms with Crippen LogP contribution in [0.4, 0.5) is 4.79 Å². The summed E-state index contributed by atoms with van der Waals surface area (Å²) in [5.74, 6) is 2.36. The number of rotatable bonds is 6. The lowest BCUT2D eigenvalue weighted by Gasteiger charge is -2.18. The highest BCUT2D eigenvalue weighted by molar-refractivity contribution is 6.30. The van der Waals surface area contributed by atoms with Gasteiger partial charge in [0, 0.05) is 24.2 Å². The van der Waals surface area contributed by atoms with Gasteiger partial charge in [-0.15, -0.1) is 0 Å². The summed E-state index contributed by atoms with van der Waals surface area (Å²) in [5, 5.41) is 3.49. The average molecular weight is 337 g/mol. The van der Waals surface area contributed by atoms with Gasteiger partial charge in [0.05, 0.1) is 6.54 Å². The number of benzene rings is 1. The van der Waals surface area contributed by atoms with Crippen molar-refractivity contribution in [3.8, 4) is 5.75 Å². The molecule has 0 spiro atoms. The summed E-state index contributed by atoms with van der Waals surface area (Å²) in [4.78, 5) is 13.6. The summed E-state index contributed by atoms with van der Waals surface area (Å²) in [6.45, 7) is 5.09. The number of furan rings is 1. The number of nitrogens with zero attached hydrogens (tertiary/aromatic N) is 1. The third-order valence-electron chi connectivity index (χ3n) is 3.41. The molecule has 0 saturated heterocycles. The van der Waals surface area contributed by atoms with Crippen LogP contribution in [0.5, 0.6) is 5.75 Å². The van der Waals surface area contributed by atoms with E-state index in [4.69, 9.17) is 20.8 Å². The van der Waals surface area contributed by atoms with Gasteiger partial charge >= 0.3 is 6.03 Å². The van der Waals surface area contributed by atoms with E-state index >= 15 is 0 Å². The standard InChI is InChI=1S/C17H21ClN2O3/c1-12-9-14(13(2)23-12)11-19-17(21)20(3)7-8-22-16-6-4-5-15(18)10-16/h4-6,9-10H,7-8,11H2,1-3H3,(H,19,21). The number of urea groups is 1. The molecule has 0 bridgehead atoms. The Bertz CT molecular complexity index is 670. The molecule has 1 N–H and O–H groups in total. The molecule has 2 rings (SSSR count). The smallest absolute Gasteiger partial charge is 0.317 e. The average Bonchev–Trinajstić information content (AvgIpc) is 2.82. The lowest BCUT2D eigenvalue weighted by molar-refractivity contribution is 0.195. The Kier molecular flexibility index (Phi) is 5.93. The number of carbonyl (C=O) groups is 1. The predicted molar refractivity (Wildman–Crippen MR) is 90.0 cm³/mol.